The van der Waals surface area contributed by atoms with Gasteiger partial charge in [0.15, 0.2) is 10.9 Å². The maximum Gasteiger partial charge on any atom is 0.262 e. The highest BCUT2D eigenvalue weighted by Crippen LogP contribution is 2.26. The second-order valence-corrected chi connectivity index (χ2v) is 8.69. The van der Waals surface area contributed by atoms with E-state index in [4.69, 9.17) is 9.72 Å². The average molecular weight is 426 g/mol. The molecule has 6 nitrogen and oxygen atoms in total. The molecule has 0 aliphatic heterocycles. The van der Waals surface area contributed by atoms with Gasteiger partial charge in [0.1, 0.15) is 5.75 Å². The number of hydrogen-bond donors (Lipinski definition) is 0. The van der Waals surface area contributed by atoms with Crippen molar-refractivity contribution >= 4 is 28.4 Å². The molecular weight excluding hydrogens is 398 g/mol. The smallest absolute Gasteiger partial charge is 0.262 e. The molecule has 3 rings (SSSR count). The zero-order valence-electron chi connectivity index (χ0n) is 17.8. The fourth-order valence-corrected chi connectivity index (χ4v) is 4.19. The Morgan fingerprint density at radius 2 is 1.87 bits per heavy atom. The van der Waals surface area contributed by atoms with E-state index < -0.39 is 0 Å². The van der Waals surface area contributed by atoms with Crippen molar-refractivity contribution in [2.24, 2.45) is 0 Å². The molecule has 158 valence electrons. The summed E-state index contributed by atoms with van der Waals surface area (Å²) in [5, 5.41) is 0.791. The molecule has 0 amide bonds. The van der Waals surface area contributed by atoms with Gasteiger partial charge < -0.3 is 9.64 Å². The number of rotatable bonds is 9. The Bertz CT molecular complexity index is 1080. The number of fused-ring (bicyclic) bond motifs is 1. The summed E-state index contributed by atoms with van der Waals surface area (Å²) in [4.78, 5) is 32.8. The Morgan fingerprint density at radius 3 is 2.53 bits per heavy atom. The van der Waals surface area contributed by atoms with Gasteiger partial charge in [-0.2, -0.15) is 0 Å². The van der Waals surface area contributed by atoms with Crippen LogP contribution in [0, 0.1) is 0 Å². The molecule has 0 saturated carbocycles. The number of hydrogen-bond acceptors (Lipinski definition) is 6. The maximum absolute atomic E-state index is 13.1. The lowest BCUT2D eigenvalue weighted by atomic mass is 10.1. The lowest BCUT2D eigenvalue weighted by Crippen LogP contribution is -2.26. The van der Waals surface area contributed by atoms with Crippen LogP contribution in [0.25, 0.3) is 10.9 Å². The Morgan fingerprint density at radius 1 is 1.17 bits per heavy atom. The van der Waals surface area contributed by atoms with Gasteiger partial charge in [-0.15, -0.1) is 0 Å². The molecule has 1 atom stereocenters. The van der Waals surface area contributed by atoms with Gasteiger partial charge in [0.25, 0.3) is 5.56 Å². The van der Waals surface area contributed by atoms with Crippen LogP contribution >= 0.6 is 11.8 Å². The number of ether oxygens (including phenoxy) is 1. The van der Waals surface area contributed by atoms with Gasteiger partial charge in [0.2, 0.25) is 0 Å². The molecule has 30 heavy (non-hydrogen) atoms. The molecule has 0 bridgehead atoms. The Kier molecular flexibility index (Phi) is 7.29. The second kappa shape index (κ2) is 9.91. The first-order chi connectivity index (χ1) is 14.4. The molecular formula is C23H27N3O3S. The second-order valence-electron chi connectivity index (χ2n) is 7.38. The molecule has 0 saturated heterocycles. The van der Waals surface area contributed by atoms with Gasteiger partial charge in [-0.25, -0.2) is 4.98 Å². The molecule has 0 aliphatic rings. The van der Waals surface area contributed by atoms with Crippen molar-refractivity contribution in [2.45, 2.75) is 30.3 Å². The number of para-hydroxylation sites is 1. The molecule has 0 fully saturated rings. The van der Waals surface area contributed by atoms with Crippen LogP contribution in [-0.4, -0.2) is 53.2 Å². The lowest BCUT2D eigenvalue weighted by Gasteiger charge is -2.17. The standard InChI is InChI=1S/C23H27N3O3S/c1-16(21(27)17-10-12-18(29-4)13-11-17)30-23-24-20-9-6-5-8-19(20)22(28)26(23)15-7-14-25(2)3/h5-6,8-13,16H,7,14-15H2,1-4H3/t16-/m1/s1. The summed E-state index contributed by atoms with van der Waals surface area (Å²) in [5.41, 5.74) is 1.20. The summed E-state index contributed by atoms with van der Waals surface area (Å²) in [6.45, 7) is 3.27. The first-order valence-electron chi connectivity index (χ1n) is 9.90. The Labute approximate surface area is 180 Å². The predicted molar refractivity (Wildman–Crippen MR) is 122 cm³/mol. The highest BCUT2D eigenvalue weighted by molar-refractivity contribution is 8.00. The number of aromatic nitrogens is 2. The number of Topliss-reactive ketones (excluding diaryl/α,β-unsaturated/α-hetero) is 1. The van der Waals surface area contributed by atoms with Crippen molar-refractivity contribution in [1.29, 1.82) is 0 Å². The van der Waals surface area contributed by atoms with Crippen molar-refractivity contribution in [3.05, 3.63) is 64.4 Å². The fraction of sp³-hybridized carbons (Fsp3) is 0.348. The number of thioether (sulfide) groups is 1. The third-order valence-electron chi connectivity index (χ3n) is 4.84. The fourth-order valence-electron chi connectivity index (χ4n) is 3.18. The van der Waals surface area contributed by atoms with Crippen LogP contribution in [0.1, 0.15) is 23.7 Å². The SMILES string of the molecule is COc1ccc(C(=O)[C@@H](C)Sc2nc3ccccc3c(=O)n2CCCN(C)C)cc1. The van der Waals surface area contributed by atoms with Crippen molar-refractivity contribution in [3.63, 3.8) is 0 Å². The highest BCUT2D eigenvalue weighted by Gasteiger charge is 2.20. The van der Waals surface area contributed by atoms with E-state index in [9.17, 15) is 9.59 Å². The van der Waals surface area contributed by atoms with Gasteiger partial charge in [-0.3, -0.25) is 14.2 Å². The molecule has 1 heterocycles. The van der Waals surface area contributed by atoms with E-state index in [1.807, 2.05) is 39.2 Å². The van der Waals surface area contributed by atoms with E-state index in [0.29, 0.717) is 33.9 Å². The quantitative estimate of drug-likeness (QED) is 0.296. The summed E-state index contributed by atoms with van der Waals surface area (Å²) in [6.07, 6.45) is 0.821. The number of carbonyl (C=O) groups excluding carboxylic acids is 1. The van der Waals surface area contributed by atoms with E-state index in [0.717, 1.165) is 13.0 Å². The highest BCUT2D eigenvalue weighted by atomic mass is 32.2. The monoisotopic (exact) mass is 425 g/mol. The summed E-state index contributed by atoms with van der Waals surface area (Å²) in [5.74, 6) is 0.697. The molecule has 0 spiro atoms. The van der Waals surface area contributed by atoms with Gasteiger partial charge >= 0.3 is 0 Å². The molecule has 0 aliphatic carbocycles. The van der Waals surface area contributed by atoms with Crippen LogP contribution in [0.15, 0.2) is 58.5 Å². The van der Waals surface area contributed by atoms with Crippen LogP contribution in [0.4, 0.5) is 0 Å². The third kappa shape index (κ3) is 5.09. The summed E-state index contributed by atoms with van der Waals surface area (Å²) in [6, 6.07) is 14.4. The van der Waals surface area contributed by atoms with E-state index in [1.54, 1.807) is 42.0 Å². The minimum absolute atomic E-state index is 0.00935. The number of carbonyl (C=O) groups is 1. The lowest BCUT2D eigenvalue weighted by molar-refractivity contribution is 0.0994. The van der Waals surface area contributed by atoms with Crippen LogP contribution in [0.5, 0.6) is 5.75 Å². The van der Waals surface area contributed by atoms with Crippen molar-refractivity contribution in [1.82, 2.24) is 14.5 Å². The van der Waals surface area contributed by atoms with Crippen LogP contribution < -0.4 is 10.3 Å². The predicted octanol–water partition coefficient (Wildman–Crippen LogP) is 3.72. The first-order valence-corrected chi connectivity index (χ1v) is 10.8. The molecule has 0 unspecified atom stereocenters. The van der Waals surface area contributed by atoms with Gasteiger partial charge in [0.05, 0.1) is 23.3 Å². The number of benzene rings is 2. The van der Waals surface area contributed by atoms with E-state index in [1.165, 1.54) is 11.8 Å². The number of ketones is 1. The Hall–Kier alpha value is -2.64. The third-order valence-corrected chi connectivity index (χ3v) is 5.93. The average Bonchev–Trinajstić information content (AvgIpc) is 2.75. The minimum atomic E-state index is -0.383. The number of nitrogens with zero attached hydrogens (tertiary/aromatic N) is 3. The Balaban J connectivity index is 1.90. The summed E-state index contributed by atoms with van der Waals surface area (Å²) < 4.78 is 6.86. The first kappa shape index (κ1) is 22.1. The molecule has 2 aromatic carbocycles. The van der Waals surface area contributed by atoms with Gasteiger partial charge in [0, 0.05) is 12.1 Å². The van der Waals surface area contributed by atoms with E-state index in [-0.39, 0.29) is 16.6 Å². The largest absolute Gasteiger partial charge is 0.497 e. The van der Waals surface area contributed by atoms with Crippen LogP contribution in [-0.2, 0) is 6.54 Å². The molecule has 0 radical (unpaired) electrons. The number of methoxy groups -OCH3 is 1. The maximum atomic E-state index is 13.1. The van der Waals surface area contributed by atoms with E-state index in [2.05, 4.69) is 4.90 Å². The van der Waals surface area contributed by atoms with Crippen molar-refractivity contribution in [3.8, 4) is 5.75 Å². The summed E-state index contributed by atoms with van der Waals surface area (Å²) in [7, 11) is 5.61. The van der Waals surface area contributed by atoms with Crippen molar-refractivity contribution < 1.29 is 9.53 Å². The van der Waals surface area contributed by atoms with Crippen LogP contribution in [0.2, 0.25) is 0 Å². The van der Waals surface area contributed by atoms with Crippen molar-refractivity contribution in [2.75, 3.05) is 27.7 Å². The minimum Gasteiger partial charge on any atom is -0.497 e. The van der Waals surface area contributed by atoms with E-state index >= 15 is 0 Å². The zero-order valence-corrected chi connectivity index (χ0v) is 18.6. The zero-order chi connectivity index (χ0) is 21.7. The van der Waals surface area contributed by atoms with Crippen LogP contribution in [0.3, 0.4) is 0 Å². The summed E-state index contributed by atoms with van der Waals surface area (Å²) >= 11 is 1.33. The molecule has 0 N–H and O–H groups in total. The topological polar surface area (TPSA) is 64.4 Å². The van der Waals surface area contributed by atoms with Gasteiger partial charge in [-0.05, 0) is 70.4 Å². The van der Waals surface area contributed by atoms with Gasteiger partial charge in [-0.1, -0.05) is 23.9 Å². The molecule has 3 aromatic rings. The normalized spacial score (nSPS) is 12.3. The molecule has 7 heteroatoms. The molecule has 1 aromatic heterocycles.